The number of hydrogen-bond donors (Lipinski definition) is 0. The molecule has 0 bridgehead atoms. The van der Waals surface area contributed by atoms with Crippen molar-refractivity contribution >= 4 is 11.7 Å². The summed E-state index contributed by atoms with van der Waals surface area (Å²) in [5.41, 5.74) is 1.96. The first-order valence-corrected chi connectivity index (χ1v) is 8.24. The highest BCUT2D eigenvalue weighted by Crippen LogP contribution is 2.31. The number of aromatic nitrogens is 2. The summed E-state index contributed by atoms with van der Waals surface area (Å²) in [6.07, 6.45) is 2.15. The van der Waals surface area contributed by atoms with Gasteiger partial charge in [0, 0.05) is 37.7 Å². The maximum atomic E-state index is 12.1. The number of piperazine rings is 1. The van der Waals surface area contributed by atoms with Crippen molar-refractivity contribution in [1.29, 1.82) is 0 Å². The molecule has 0 radical (unpaired) electrons. The van der Waals surface area contributed by atoms with E-state index in [4.69, 9.17) is 0 Å². The third-order valence-corrected chi connectivity index (χ3v) is 4.56. The molecule has 2 aliphatic rings. The number of rotatable bonds is 3. The summed E-state index contributed by atoms with van der Waals surface area (Å²) < 4.78 is 0. The molecule has 1 amide bonds. The van der Waals surface area contributed by atoms with E-state index in [1.165, 1.54) is 0 Å². The van der Waals surface area contributed by atoms with Gasteiger partial charge in [-0.05, 0) is 25.0 Å². The second-order valence-corrected chi connectivity index (χ2v) is 6.23. The Labute approximate surface area is 135 Å². The lowest BCUT2D eigenvalue weighted by atomic mass is 10.1. The van der Waals surface area contributed by atoms with Crippen molar-refractivity contribution in [2.75, 3.05) is 31.1 Å². The largest absolute Gasteiger partial charge is 0.352 e. The predicted molar refractivity (Wildman–Crippen MR) is 89.0 cm³/mol. The molecule has 1 aromatic carbocycles. The molecule has 2 fully saturated rings. The standard InChI is InChI=1S/C18H20N4O/c23-18(15-6-7-15)22-12-10-21(11-13-22)17-9-8-16(19-20-17)14-4-2-1-3-5-14/h1-5,8-9,15H,6-7,10-13H2. The summed E-state index contributed by atoms with van der Waals surface area (Å²) in [5.74, 6) is 1.55. The zero-order valence-electron chi connectivity index (χ0n) is 13.1. The number of amides is 1. The van der Waals surface area contributed by atoms with Gasteiger partial charge in [-0.3, -0.25) is 4.79 Å². The van der Waals surface area contributed by atoms with Gasteiger partial charge in [0.1, 0.15) is 0 Å². The Balaban J connectivity index is 1.40. The Hall–Kier alpha value is -2.43. The zero-order valence-corrected chi connectivity index (χ0v) is 13.1. The Morgan fingerprint density at radius 1 is 0.913 bits per heavy atom. The van der Waals surface area contributed by atoms with Crippen LogP contribution in [0.2, 0.25) is 0 Å². The van der Waals surface area contributed by atoms with Crippen LogP contribution >= 0.6 is 0 Å². The highest BCUT2D eigenvalue weighted by Gasteiger charge is 2.34. The van der Waals surface area contributed by atoms with E-state index in [2.05, 4.69) is 15.1 Å². The molecule has 5 heteroatoms. The fourth-order valence-electron chi connectivity index (χ4n) is 3.00. The van der Waals surface area contributed by atoms with Gasteiger partial charge >= 0.3 is 0 Å². The van der Waals surface area contributed by atoms with E-state index < -0.39 is 0 Å². The lowest BCUT2D eigenvalue weighted by Crippen LogP contribution is -2.49. The molecule has 1 saturated carbocycles. The van der Waals surface area contributed by atoms with E-state index in [0.717, 1.165) is 56.1 Å². The molecule has 4 rings (SSSR count). The summed E-state index contributed by atoms with van der Waals surface area (Å²) in [6, 6.07) is 14.1. The maximum Gasteiger partial charge on any atom is 0.225 e. The third kappa shape index (κ3) is 3.04. The average Bonchev–Trinajstić information content (AvgIpc) is 3.47. The average molecular weight is 308 g/mol. The summed E-state index contributed by atoms with van der Waals surface area (Å²) in [7, 11) is 0. The molecular weight excluding hydrogens is 288 g/mol. The normalized spacial score (nSPS) is 18.1. The molecule has 1 saturated heterocycles. The van der Waals surface area contributed by atoms with Crippen molar-refractivity contribution in [3.63, 3.8) is 0 Å². The first-order valence-electron chi connectivity index (χ1n) is 8.24. The molecule has 1 aliphatic heterocycles. The van der Waals surface area contributed by atoms with Crippen molar-refractivity contribution in [2.45, 2.75) is 12.8 Å². The number of carbonyl (C=O) groups is 1. The molecule has 0 atom stereocenters. The molecule has 0 spiro atoms. The summed E-state index contributed by atoms with van der Waals surface area (Å²) in [4.78, 5) is 16.3. The maximum absolute atomic E-state index is 12.1. The van der Waals surface area contributed by atoms with Crippen molar-refractivity contribution in [1.82, 2.24) is 15.1 Å². The summed E-state index contributed by atoms with van der Waals surface area (Å²) >= 11 is 0. The number of anilines is 1. The number of carbonyl (C=O) groups excluding carboxylic acids is 1. The Kier molecular flexibility index (Phi) is 3.69. The van der Waals surface area contributed by atoms with Gasteiger partial charge in [0.25, 0.3) is 0 Å². The van der Waals surface area contributed by atoms with Gasteiger partial charge < -0.3 is 9.80 Å². The fraction of sp³-hybridized carbons (Fsp3) is 0.389. The van der Waals surface area contributed by atoms with Crippen LogP contribution in [0.5, 0.6) is 0 Å². The molecule has 118 valence electrons. The first kappa shape index (κ1) is 14.2. The molecular formula is C18H20N4O. The zero-order chi connectivity index (χ0) is 15.6. The quantitative estimate of drug-likeness (QED) is 0.872. The van der Waals surface area contributed by atoms with Gasteiger partial charge in [0.2, 0.25) is 5.91 Å². The highest BCUT2D eigenvalue weighted by molar-refractivity contribution is 5.81. The van der Waals surface area contributed by atoms with Crippen LogP contribution in [0.4, 0.5) is 5.82 Å². The van der Waals surface area contributed by atoms with E-state index in [-0.39, 0.29) is 0 Å². The number of hydrogen-bond acceptors (Lipinski definition) is 4. The van der Waals surface area contributed by atoms with Crippen LogP contribution in [0.1, 0.15) is 12.8 Å². The predicted octanol–water partition coefficient (Wildman–Crippen LogP) is 2.20. The molecule has 0 unspecified atom stereocenters. The van der Waals surface area contributed by atoms with Gasteiger partial charge in [-0.2, -0.15) is 0 Å². The minimum atomic E-state index is 0.312. The van der Waals surface area contributed by atoms with E-state index in [1.807, 2.05) is 47.4 Å². The molecule has 23 heavy (non-hydrogen) atoms. The lowest BCUT2D eigenvalue weighted by molar-refractivity contribution is -0.132. The van der Waals surface area contributed by atoms with Crippen LogP contribution in [-0.2, 0) is 4.79 Å². The topological polar surface area (TPSA) is 49.3 Å². The number of nitrogens with zero attached hydrogens (tertiary/aromatic N) is 4. The van der Waals surface area contributed by atoms with Crippen molar-refractivity contribution < 1.29 is 4.79 Å². The van der Waals surface area contributed by atoms with E-state index in [9.17, 15) is 4.79 Å². The molecule has 1 aliphatic carbocycles. The lowest BCUT2D eigenvalue weighted by Gasteiger charge is -2.35. The fourth-order valence-corrected chi connectivity index (χ4v) is 3.00. The molecule has 1 aromatic heterocycles. The minimum absolute atomic E-state index is 0.312. The smallest absolute Gasteiger partial charge is 0.225 e. The van der Waals surface area contributed by atoms with Crippen LogP contribution in [0.25, 0.3) is 11.3 Å². The van der Waals surface area contributed by atoms with Crippen molar-refractivity contribution in [3.05, 3.63) is 42.5 Å². The van der Waals surface area contributed by atoms with Crippen molar-refractivity contribution in [2.24, 2.45) is 5.92 Å². The van der Waals surface area contributed by atoms with E-state index in [1.54, 1.807) is 0 Å². The minimum Gasteiger partial charge on any atom is -0.352 e. The summed E-state index contributed by atoms with van der Waals surface area (Å²) in [5, 5.41) is 8.71. The molecule has 5 nitrogen and oxygen atoms in total. The Bertz CT molecular complexity index is 674. The second-order valence-electron chi connectivity index (χ2n) is 6.23. The van der Waals surface area contributed by atoms with Gasteiger partial charge in [-0.1, -0.05) is 30.3 Å². The second kappa shape index (κ2) is 5.99. The van der Waals surface area contributed by atoms with Crippen LogP contribution in [0, 0.1) is 5.92 Å². The van der Waals surface area contributed by atoms with Crippen LogP contribution in [0.15, 0.2) is 42.5 Å². The molecule has 2 heterocycles. The summed E-state index contributed by atoms with van der Waals surface area (Å²) in [6.45, 7) is 3.24. The van der Waals surface area contributed by atoms with Crippen molar-refractivity contribution in [3.8, 4) is 11.3 Å². The molecule has 0 N–H and O–H groups in total. The van der Waals surface area contributed by atoms with Gasteiger partial charge in [-0.15, -0.1) is 10.2 Å². The van der Waals surface area contributed by atoms with Gasteiger partial charge in [-0.25, -0.2) is 0 Å². The molecule has 2 aromatic rings. The SMILES string of the molecule is O=C(C1CC1)N1CCN(c2ccc(-c3ccccc3)nn2)CC1. The Morgan fingerprint density at radius 3 is 2.26 bits per heavy atom. The van der Waals surface area contributed by atoms with Gasteiger partial charge in [0.15, 0.2) is 5.82 Å². The van der Waals surface area contributed by atoms with E-state index >= 15 is 0 Å². The van der Waals surface area contributed by atoms with Crippen LogP contribution in [0.3, 0.4) is 0 Å². The first-order chi connectivity index (χ1) is 11.3. The van der Waals surface area contributed by atoms with Crippen LogP contribution < -0.4 is 4.90 Å². The monoisotopic (exact) mass is 308 g/mol. The van der Waals surface area contributed by atoms with E-state index in [0.29, 0.717) is 11.8 Å². The Morgan fingerprint density at radius 2 is 1.65 bits per heavy atom. The van der Waals surface area contributed by atoms with Gasteiger partial charge in [0.05, 0.1) is 5.69 Å². The third-order valence-electron chi connectivity index (χ3n) is 4.56. The number of benzene rings is 1. The highest BCUT2D eigenvalue weighted by atomic mass is 16.2. The van der Waals surface area contributed by atoms with Crippen LogP contribution in [-0.4, -0.2) is 47.2 Å².